The quantitative estimate of drug-likeness (QED) is 0.762. The van der Waals surface area contributed by atoms with Crippen molar-refractivity contribution in [3.05, 3.63) is 48.0 Å². The third kappa shape index (κ3) is 3.28. The average molecular weight is 286 g/mol. The van der Waals surface area contributed by atoms with Crippen LogP contribution in [0.1, 0.15) is 28.9 Å². The molecule has 0 aromatic carbocycles. The molecule has 0 unspecified atom stereocenters. The molecular weight excluding hydrogens is 268 g/mol. The van der Waals surface area contributed by atoms with E-state index in [2.05, 4.69) is 20.5 Å². The fourth-order valence-corrected chi connectivity index (χ4v) is 2.66. The summed E-state index contributed by atoms with van der Waals surface area (Å²) in [5.41, 5.74) is 1.46. The zero-order valence-electron chi connectivity index (χ0n) is 11.6. The number of aromatic amines is 1. The Morgan fingerprint density at radius 1 is 1.48 bits per heavy atom. The van der Waals surface area contributed by atoms with Gasteiger partial charge in [-0.2, -0.15) is 5.10 Å². The third-order valence-corrected chi connectivity index (χ3v) is 3.95. The predicted molar refractivity (Wildman–Crippen MR) is 76.5 cm³/mol. The van der Waals surface area contributed by atoms with Crippen molar-refractivity contribution in [2.24, 2.45) is 5.92 Å². The van der Waals surface area contributed by atoms with Crippen molar-refractivity contribution in [3.63, 3.8) is 0 Å². The Bertz CT molecular complexity index is 579. The van der Waals surface area contributed by atoms with Gasteiger partial charge in [-0.05, 0) is 30.9 Å². The minimum Gasteiger partial charge on any atom is -0.393 e. The lowest BCUT2D eigenvalue weighted by atomic mass is 9.76. The van der Waals surface area contributed by atoms with Gasteiger partial charge in [0.15, 0.2) is 0 Å². The largest absolute Gasteiger partial charge is 0.393 e. The first-order valence-corrected chi connectivity index (χ1v) is 7.10. The summed E-state index contributed by atoms with van der Waals surface area (Å²) < 4.78 is 0. The zero-order chi connectivity index (χ0) is 14.7. The molecule has 1 fully saturated rings. The summed E-state index contributed by atoms with van der Waals surface area (Å²) in [5.74, 6) is 0.143. The number of rotatable bonds is 5. The highest BCUT2D eigenvalue weighted by atomic mass is 16.3. The molecule has 0 spiro atoms. The number of nitrogens with zero attached hydrogens (tertiary/aromatic N) is 2. The number of amides is 1. The molecule has 1 atom stereocenters. The summed E-state index contributed by atoms with van der Waals surface area (Å²) >= 11 is 0. The summed E-state index contributed by atoms with van der Waals surface area (Å²) in [4.78, 5) is 16.5. The van der Waals surface area contributed by atoms with Gasteiger partial charge in [0, 0.05) is 30.6 Å². The first-order chi connectivity index (χ1) is 10.2. The highest BCUT2D eigenvalue weighted by Crippen LogP contribution is 2.31. The van der Waals surface area contributed by atoms with E-state index in [0.717, 1.165) is 18.5 Å². The lowest BCUT2D eigenvalue weighted by molar-refractivity contribution is 0.0238. The number of nitrogens with one attached hydrogen (secondary N) is 2. The van der Waals surface area contributed by atoms with E-state index in [1.807, 2.05) is 18.2 Å². The first-order valence-electron chi connectivity index (χ1n) is 7.10. The number of carbonyl (C=O) groups excluding carboxylic acids is 1. The van der Waals surface area contributed by atoms with Gasteiger partial charge in [0.25, 0.3) is 5.91 Å². The molecule has 110 valence electrons. The van der Waals surface area contributed by atoms with Crippen molar-refractivity contribution in [2.45, 2.75) is 31.4 Å². The summed E-state index contributed by atoms with van der Waals surface area (Å²) in [5, 5.41) is 19.0. The van der Waals surface area contributed by atoms with E-state index in [-0.39, 0.29) is 24.0 Å². The molecule has 6 nitrogen and oxygen atoms in total. The molecule has 3 rings (SSSR count). The molecule has 1 aliphatic rings. The maximum atomic E-state index is 12.2. The van der Waals surface area contributed by atoms with Crippen molar-refractivity contribution in [1.29, 1.82) is 0 Å². The number of aliphatic hydroxyl groups excluding tert-OH is 1. The van der Waals surface area contributed by atoms with Crippen LogP contribution in [0.5, 0.6) is 0 Å². The number of H-pyrrole nitrogens is 1. The lowest BCUT2D eigenvalue weighted by Crippen LogP contribution is -2.48. The van der Waals surface area contributed by atoms with Crippen molar-refractivity contribution in [2.75, 3.05) is 0 Å². The lowest BCUT2D eigenvalue weighted by Gasteiger charge is -2.38. The van der Waals surface area contributed by atoms with Gasteiger partial charge in [-0.3, -0.25) is 14.9 Å². The normalized spacial score (nSPS) is 22.3. The van der Waals surface area contributed by atoms with E-state index in [4.69, 9.17) is 0 Å². The van der Waals surface area contributed by atoms with Crippen LogP contribution in [0.15, 0.2) is 36.8 Å². The molecule has 1 amide bonds. The molecule has 0 aliphatic heterocycles. The summed E-state index contributed by atoms with van der Waals surface area (Å²) in [7, 11) is 0. The number of hydrogen-bond acceptors (Lipinski definition) is 4. The first kappa shape index (κ1) is 13.8. The maximum Gasteiger partial charge on any atom is 0.254 e. The van der Waals surface area contributed by atoms with E-state index < -0.39 is 0 Å². The van der Waals surface area contributed by atoms with Gasteiger partial charge in [-0.15, -0.1) is 0 Å². The highest BCUT2D eigenvalue weighted by Gasteiger charge is 2.35. The van der Waals surface area contributed by atoms with Crippen LogP contribution in [-0.4, -0.2) is 38.3 Å². The van der Waals surface area contributed by atoms with Gasteiger partial charge in [-0.1, -0.05) is 6.07 Å². The van der Waals surface area contributed by atoms with Crippen molar-refractivity contribution >= 4 is 5.91 Å². The van der Waals surface area contributed by atoms with Crippen LogP contribution in [0.3, 0.4) is 0 Å². The Kier molecular flexibility index (Phi) is 3.96. The maximum absolute atomic E-state index is 12.2. The van der Waals surface area contributed by atoms with Crippen molar-refractivity contribution < 1.29 is 9.90 Å². The van der Waals surface area contributed by atoms with Crippen LogP contribution in [0.2, 0.25) is 0 Å². The smallest absolute Gasteiger partial charge is 0.254 e. The molecule has 2 aromatic rings. The van der Waals surface area contributed by atoms with E-state index in [1.54, 1.807) is 12.4 Å². The highest BCUT2D eigenvalue weighted by molar-refractivity contribution is 5.93. The minimum absolute atomic E-state index is 0.0225. The van der Waals surface area contributed by atoms with Gasteiger partial charge in [0.1, 0.15) is 0 Å². The average Bonchev–Trinajstić information content (AvgIpc) is 2.98. The second-order valence-corrected chi connectivity index (χ2v) is 5.48. The molecule has 6 heteroatoms. The molecule has 2 aromatic heterocycles. The molecule has 0 bridgehead atoms. The molecule has 21 heavy (non-hydrogen) atoms. The monoisotopic (exact) mass is 286 g/mol. The molecule has 2 heterocycles. The Morgan fingerprint density at radius 2 is 2.33 bits per heavy atom. The summed E-state index contributed by atoms with van der Waals surface area (Å²) in [6.07, 6.45) is 6.70. The topological polar surface area (TPSA) is 90.9 Å². The molecule has 3 N–H and O–H groups in total. The predicted octanol–water partition coefficient (Wildman–Crippen LogP) is 0.917. The Labute approximate surface area is 122 Å². The van der Waals surface area contributed by atoms with Crippen LogP contribution in [0.4, 0.5) is 0 Å². The molecule has 0 saturated heterocycles. The van der Waals surface area contributed by atoms with Crippen molar-refractivity contribution in [1.82, 2.24) is 20.5 Å². The number of pyridine rings is 1. The number of carbonyl (C=O) groups is 1. The van der Waals surface area contributed by atoms with Crippen LogP contribution < -0.4 is 5.32 Å². The van der Waals surface area contributed by atoms with Crippen LogP contribution in [0, 0.1) is 5.92 Å². The number of hydrogen-bond donors (Lipinski definition) is 3. The van der Waals surface area contributed by atoms with Crippen molar-refractivity contribution in [3.8, 4) is 0 Å². The molecule has 0 radical (unpaired) electrons. The minimum atomic E-state index is -0.243. The molecule has 1 aliphatic carbocycles. The van der Waals surface area contributed by atoms with E-state index in [9.17, 15) is 9.90 Å². The van der Waals surface area contributed by atoms with E-state index >= 15 is 0 Å². The summed E-state index contributed by atoms with van der Waals surface area (Å²) in [6, 6.07) is 5.74. The zero-order valence-corrected chi connectivity index (χ0v) is 11.6. The second-order valence-electron chi connectivity index (χ2n) is 5.48. The van der Waals surface area contributed by atoms with E-state index in [0.29, 0.717) is 12.0 Å². The number of aliphatic hydroxyl groups is 1. The van der Waals surface area contributed by atoms with Gasteiger partial charge in [0.05, 0.1) is 17.9 Å². The standard InChI is InChI=1S/C15H18N4O2/c20-13-5-10(6-13)14(7-12-3-1-2-4-16-12)19-15(21)11-8-17-18-9-11/h1-4,8-10,13-14,20H,5-7H2,(H,17,18)(H,19,21)/t10?,13?,14-/m1/s1. The summed E-state index contributed by atoms with van der Waals surface area (Å²) in [6.45, 7) is 0. The Hall–Kier alpha value is -2.21. The van der Waals surface area contributed by atoms with Crippen LogP contribution >= 0.6 is 0 Å². The molecule has 1 saturated carbocycles. The van der Waals surface area contributed by atoms with Gasteiger partial charge >= 0.3 is 0 Å². The van der Waals surface area contributed by atoms with Crippen LogP contribution in [0.25, 0.3) is 0 Å². The van der Waals surface area contributed by atoms with Gasteiger partial charge < -0.3 is 10.4 Å². The van der Waals surface area contributed by atoms with E-state index in [1.165, 1.54) is 6.20 Å². The molecular formula is C15H18N4O2. The Balaban J connectivity index is 1.69. The van der Waals surface area contributed by atoms with Gasteiger partial charge in [0.2, 0.25) is 0 Å². The van der Waals surface area contributed by atoms with Gasteiger partial charge in [-0.25, -0.2) is 0 Å². The Morgan fingerprint density at radius 3 is 2.95 bits per heavy atom. The number of aromatic nitrogens is 3. The SMILES string of the molecule is O=C(N[C@H](Cc1ccccn1)C1CC(O)C1)c1cn[nH]c1. The second kappa shape index (κ2) is 6.05. The fraction of sp³-hybridized carbons (Fsp3) is 0.400. The fourth-order valence-electron chi connectivity index (χ4n) is 2.66. The third-order valence-electron chi connectivity index (χ3n) is 3.95. The van der Waals surface area contributed by atoms with Crippen LogP contribution in [-0.2, 0) is 6.42 Å².